The van der Waals surface area contributed by atoms with Gasteiger partial charge in [-0.25, -0.2) is 0 Å². The Morgan fingerprint density at radius 3 is 0.571 bits per heavy atom. The molecule has 0 amide bonds. The van der Waals surface area contributed by atoms with Crippen molar-refractivity contribution in [3.8, 4) is 0 Å². The second-order valence-corrected chi connectivity index (χ2v) is 10.9. The molecule has 84 valence electrons. The molecule has 0 spiro atoms. The van der Waals surface area contributed by atoms with Gasteiger partial charge in [0, 0.05) is 0 Å². The number of rotatable bonds is 6. The summed E-state index contributed by atoms with van der Waals surface area (Å²) in [5.41, 5.74) is 0. The van der Waals surface area contributed by atoms with Gasteiger partial charge in [-0.3, -0.25) is 0 Å². The van der Waals surface area contributed by atoms with Crippen molar-refractivity contribution in [1.29, 1.82) is 0 Å². The predicted molar refractivity (Wildman–Crippen MR) is 74.4 cm³/mol. The quantitative estimate of drug-likeness (QED) is 0.558. The molecule has 0 saturated carbocycles. The summed E-state index contributed by atoms with van der Waals surface area (Å²) >= 11 is 0. The standard InChI is InChI=1S/2C6H15Si/c2*1-4-7(5-2)6-3/h2*4-6H2,1-3H3/q2*+1. The maximum atomic E-state index is 2.31. The molecule has 0 atom stereocenters. The van der Waals surface area contributed by atoms with Gasteiger partial charge in [0.25, 0.3) is 0 Å². The third kappa shape index (κ3) is 10.5. The lowest BCUT2D eigenvalue weighted by Crippen LogP contribution is -2.04. The summed E-state index contributed by atoms with van der Waals surface area (Å²) in [4.78, 5) is 0. The first kappa shape index (κ1) is 16.8. The predicted octanol–water partition coefficient (Wildman–Crippen LogP) is 5.08. The van der Waals surface area contributed by atoms with Crippen LogP contribution in [0.4, 0.5) is 0 Å². The van der Waals surface area contributed by atoms with Gasteiger partial charge >= 0.3 is 17.6 Å². The molecule has 0 aliphatic rings. The molecule has 0 bridgehead atoms. The third-order valence-electron chi connectivity index (χ3n) is 3.00. The van der Waals surface area contributed by atoms with Crippen molar-refractivity contribution in [3.05, 3.63) is 0 Å². The van der Waals surface area contributed by atoms with Crippen LogP contribution in [-0.4, -0.2) is 17.6 Å². The van der Waals surface area contributed by atoms with Crippen LogP contribution in [0.5, 0.6) is 0 Å². The van der Waals surface area contributed by atoms with Gasteiger partial charge in [-0.05, 0) is 41.5 Å². The van der Waals surface area contributed by atoms with Crippen LogP contribution < -0.4 is 0 Å². The summed E-state index contributed by atoms with van der Waals surface area (Å²) in [6, 6.07) is 8.74. The topological polar surface area (TPSA) is 0 Å². The van der Waals surface area contributed by atoms with Gasteiger partial charge < -0.3 is 0 Å². The van der Waals surface area contributed by atoms with E-state index in [-0.39, 0.29) is 17.6 Å². The van der Waals surface area contributed by atoms with Crippen LogP contribution in [0, 0.1) is 0 Å². The first-order chi connectivity index (χ1) is 6.69. The Bertz CT molecular complexity index is 63.3. The number of hydrogen-bond donors (Lipinski definition) is 0. The van der Waals surface area contributed by atoms with E-state index in [1.807, 2.05) is 0 Å². The van der Waals surface area contributed by atoms with Gasteiger partial charge in [-0.15, -0.1) is 0 Å². The largest absolute Gasteiger partial charge is 0.313 e. The molecule has 0 N–H and O–H groups in total. The van der Waals surface area contributed by atoms with Crippen LogP contribution in [0.1, 0.15) is 41.5 Å². The highest BCUT2D eigenvalue weighted by Crippen LogP contribution is 2.02. The highest BCUT2D eigenvalue weighted by Gasteiger charge is 2.16. The summed E-state index contributed by atoms with van der Waals surface area (Å²) in [6.07, 6.45) is 0. The molecule has 0 aliphatic carbocycles. The summed E-state index contributed by atoms with van der Waals surface area (Å²) in [5, 5.41) is 0. The van der Waals surface area contributed by atoms with E-state index in [1.54, 1.807) is 0 Å². The minimum atomic E-state index is 0.137. The van der Waals surface area contributed by atoms with Gasteiger partial charge in [-0.2, -0.15) is 0 Å². The zero-order valence-corrected chi connectivity index (χ0v) is 13.2. The fraction of sp³-hybridized carbons (Fsp3) is 1.00. The Hall–Kier alpha value is 0.434. The first-order valence-corrected chi connectivity index (χ1v) is 10.6. The van der Waals surface area contributed by atoms with Crippen molar-refractivity contribution >= 4 is 17.6 Å². The highest BCUT2D eigenvalue weighted by molar-refractivity contribution is 6.58. The molecule has 0 rings (SSSR count). The summed E-state index contributed by atoms with van der Waals surface area (Å²) < 4.78 is 0. The lowest BCUT2D eigenvalue weighted by atomic mass is 10.9. The molecular weight excluding hydrogens is 200 g/mol. The van der Waals surface area contributed by atoms with Gasteiger partial charge in [0.05, 0.1) is 36.3 Å². The maximum Gasteiger partial charge on any atom is 0.313 e. The Morgan fingerprint density at radius 1 is 0.429 bits per heavy atom. The van der Waals surface area contributed by atoms with E-state index < -0.39 is 0 Å². The smallest absolute Gasteiger partial charge is 0.0373 e. The molecular formula is C12H30Si2+2. The summed E-state index contributed by atoms with van der Waals surface area (Å²) in [6.45, 7) is 13.8. The Morgan fingerprint density at radius 2 is 0.571 bits per heavy atom. The van der Waals surface area contributed by atoms with Gasteiger partial charge in [0.1, 0.15) is 0 Å². The second-order valence-electron chi connectivity index (χ2n) is 3.62. The van der Waals surface area contributed by atoms with Gasteiger partial charge in [0.2, 0.25) is 0 Å². The third-order valence-corrected chi connectivity index (χ3v) is 9.00. The van der Waals surface area contributed by atoms with Crippen LogP contribution in [0.25, 0.3) is 0 Å². The molecule has 0 heterocycles. The van der Waals surface area contributed by atoms with Crippen molar-refractivity contribution < 1.29 is 0 Å². The minimum absolute atomic E-state index is 0.137. The van der Waals surface area contributed by atoms with E-state index >= 15 is 0 Å². The summed E-state index contributed by atoms with van der Waals surface area (Å²) in [5.74, 6) is 0. The average Bonchev–Trinajstić information content (AvgIpc) is 2.24. The molecule has 0 unspecified atom stereocenters. The average molecular weight is 231 g/mol. The lowest BCUT2D eigenvalue weighted by molar-refractivity contribution is 1.24. The van der Waals surface area contributed by atoms with Crippen molar-refractivity contribution in [2.24, 2.45) is 0 Å². The number of hydrogen-bond acceptors (Lipinski definition) is 0. The Labute approximate surface area is 95.7 Å². The van der Waals surface area contributed by atoms with E-state index in [4.69, 9.17) is 0 Å². The van der Waals surface area contributed by atoms with E-state index in [1.165, 1.54) is 36.3 Å². The molecule has 14 heavy (non-hydrogen) atoms. The molecule has 0 aliphatic heterocycles. The van der Waals surface area contributed by atoms with E-state index in [0.717, 1.165) is 0 Å². The fourth-order valence-electron chi connectivity index (χ4n) is 1.50. The molecule has 0 aromatic rings. The summed E-state index contributed by atoms with van der Waals surface area (Å²) in [7, 11) is 0.275. The maximum absolute atomic E-state index is 2.31. The zero-order chi connectivity index (χ0) is 11.4. The molecule has 0 radical (unpaired) electrons. The Balaban J connectivity index is 0. The van der Waals surface area contributed by atoms with E-state index in [0.29, 0.717) is 0 Å². The van der Waals surface area contributed by atoms with Crippen LogP contribution in [-0.2, 0) is 0 Å². The normalized spacial score (nSPS) is 9.00. The van der Waals surface area contributed by atoms with Gasteiger partial charge in [0.15, 0.2) is 0 Å². The highest BCUT2D eigenvalue weighted by atomic mass is 28.3. The minimum Gasteiger partial charge on any atom is -0.0373 e. The van der Waals surface area contributed by atoms with Crippen LogP contribution >= 0.6 is 0 Å². The molecule has 2 heteroatoms. The van der Waals surface area contributed by atoms with Crippen molar-refractivity contribution in [2.75, 3.05) is 0 Å². The zero-order valence-electron chi connectivity index (χ0n) is 11.2. The molecule has 0 nitrogen and oxygen atoms in total. The molecule has 0 aromatic heterocycles. The van der Waals surface area contributed by atoms with Crippen molar-refractivity contribution in [1.82, 2.24) is 0 Å². The van der Waals surface area contributed by atoms with Crippen molar-refractivity contribution in [3.63, 3.8) is 0 Å². The SMILES string of the molecule is CC[Si+](CC)CC.CC[Si+](CC)CC. The molecule has 0 aromatic carbocycles. The fourth-order valence-corrected chi connectivity index (χ4v) is 4.50. The second kappa shape index (κ2) is 13.4. The first-order valence-electron chi connectivity index (χ1n) is 6.36. The van der Waals surface area contributed by atoms with Gasteiger partial charge in [-0.1, -0.05) is 0 Å². The van der Waals surface area contributed by atoms with Crippen molar-refractivity contribution in [2.45, 2.75) is 77.8 Å². The van der Waals surface area contributed by atoms with E-state index in [2.05, 4.69) is 41.5 Å². The molecule has 0 saturated heterocycles. The van der Waals surface area contributed by atoms with Crippen LogP contribution in [0.15, 0.2) is 0 Å². The molecule has 0 fully saturated rings. The van der Waals surface area contributed by atoms with Crippen LogP contribution in [0.3, 0.4) is 0 Å². The van der Waals surface area contributed by atoms with E-state index in [9.17, 15) is 0 Å². The Kier molecular flexibility index (Phi) is 16.2. The monoisotopic (exact) mass is 230 g/mol. The lowest BCUT2D eigenvalue weighted by Gasteiger charge is -1.86. The van der Waals surface area contributed by atoms with Crippen LogP contribution in [0.2, 0.25) is 36.3 Å².